The molecule has 0 amide bonds. The Morgan fingerprint density at radius 1 is 1.37 bits per heavy atom. The van der Waals surface area contributed by atoms with Gasteiger partial charge in [-0.2, -0.15) is 5.10 Å². The number of hydrogen-bond donors (Lipinski definition) is 1. The number of nitrogens with two attached hydrogens (primary N) is 1. The fourth-order valence-electron chi connectivity index (χ4n) is 1.59. The van der Waals surface area contributed by atoms with Crippen LogP contribution in [-0.2, 0) is 18.8 Å². The van der Waals surface area contributed by atoms with E-state index in [1.54, 1.807) is 22.8 Å². The van der Waals surface area contributed by atoms with Gasteiger partial charge in [-0.25, -0.2) is 14.3 Å². The minimum atomic E-state index is 0.516. The molecule has 0 aliphatic carbocycles. The zero-order chi connectivity index (χ0) is 13.7. The van der Waals surface area contributed by atoms with Crippen LogP contribution in [-0.4, -0.2) is 41.5 Å². The third-order valence-electron chi connectivity index (χ3n) is 2.40. The van der Waals surface area contributed by atoms with Crippen LogP contribution in [0.3, 0.4) is 0 Å². The summed E-state index contributed by atoms with van der Waals surface area (Å²) in [5, 5.41) is 16.5. The standard InChI is InChI=1S/C10H18N8S/c1-8(2)5-18-9(12-7-13-18)6-19-10-14-15-16-17(10)4-3-11/h7-8H,3-6,11H2,1-2H3. The molecule has 0 atom stereocenters. The molecule has 0 radical (unpaired) electrons. The quantitative estimate of drug-likeness (QED) is 0.722. The van der Waals surface area contributed by atoms with Gasteiger partial charge in [0.1, 0.15) is 12.2 Å². The molecule has 2 aromatic heterocycles. The van der Waals surface area contributed by atoms with Crippen molar-refractivity contribution in [2.75, 3.05) is 6.54 Å². The van der Waals surface area contributed by atoms with Gasteiger partial charge >= 0.3 is 0 Å². The van der Waals surface area contributed by atoms with Crippen LogP contribution in [0.1, 0.15) is 19.7 Å². The number of thioether (sulfide) groups is 1. The minimum Gasteiger partial charge on any atom is -0.329 e. The summed E-state index contributed by atoms with van der Waals surface area (Å²) in [4.78, 5) is 4.27. The van der Waals surface area contributed by atoms with Gasteiger partial charge in [-0.05, 0) is 16.3 Å². The van der Waals surface area contributed by atoms with Crippen LogP contribution >= 0.6 is 11.8 Å². The Morgan fingerprint density at radius 3 is 2.95 bits per heavy atom. The lowest BCUT2D eigenvalue weighted by molar-refractivity contribution is 0.471. The van der Waals surface area contributed by atoms with Crippen molar-refractivity contribution in [3.8, 4) is 0 Å². The van der Waals surface area contributed by atoms with Crippen LogP contribution in [0, 0.1) is 5.92 Å². The van der Waals surface area contributed by atoms with E-state index < -0.39 is 0 Å². The SMILES string of the molecule is CC(C)Cn1ncnc1CSc1nnnn1CCN. The van der Waals surface area contributed by atoms with E-state index in [1.807, 2.05) is 4.68 Å². The summed E-state index contributed by atoms with van der Waals surface area (Å²) >= 11 is 1.54. The van der Waals surface area contributed by atoms with Gasteiger partial charge in [-0.3, -0.25) is 0 Å². The molecule has 2 N–H and O–H groups in total. The molecule has 0 bridgehead atoms. The highest BCUT2D eigenvalue weighted by Crippen LogP contribution is 2.18. The topological polar surface area (TPSA) is 100 Å². The summed E-state index contributed by atoms with van der Waals surface area (Å²) in [5.41, 5.74) is 5.51. The Hall–Kier alpha value is -1.48. The van der Waals surface area contributed by atoms with Gasteiger partial charge < -0.3 is 5.73 Å². The van der Waals surface area contributed by atoms with Crippen molar-refractivity contribution in [1.29, 1.82) is 0 Å². The molecule has 8 nitrogen and oxygen atoms in total. The lowest BCUT2D eigenvalue weighted by Crippen LogP contribution is -2.13. The summed E-state index contributed by atoms with van der Waals surface area (Å²) in [6, 6.07) is 0. The number of tetrazole rings is 1. The molecule has 0 fully saturated rings. The molecular weight excluding hydrogens is 264 g/mol. The van der Waals surface area contributed by atoms with Crippen LogP contribution in [0.2, 0.25) is 0 Å². The lowest BCUT2D eigenvalue weighted by Gasteiger charge is -2.08. The largest absolute Gasteiger partial charge is 0.329 e. The molecule has 0 saturated carbocycles. The van der Waals surface area contributed by atoms with E-state index in [0.29, 0.717) is 24.8 Å². The van der Waals surface area contributed by atoms with Crippen molar-refractivity contribution in [1.82, 2.24) is 35.0 Å². The Kier molecular flexibility index (Phi) is 4.86. The summed E-state index contributed by atoms with van der Waals surface area (Å²) in [7, 11) is 0. The van der Waals surface area contributed by atoms with E-state index in [2.05, 4.69) is 39.5 Å². The van der Waals surface area contributed by atoms with Gasteiger partial charge in [0.2, 0.25) is 5.16 Å². The molecule has 104 valence electrons. The Balaban J connectivity index is 1.98. The normalized spacial score (nSPS) is 11.4. The highest BCUT2D eigenvalue weighted by Gasteiger charge is 2.10. The molecular formula is C10H18N8S. The zero-order valence-corrected chi connectivity index (χ0v) is 11.9. The van der Waals surface area contributed by atoms with Crippen LogP contribution in [0.5, 0.6) is 0 Å². The van der Waals surface area contributed by atoms with Gasteiger partial charge in [0.25, 0.3) is 0 Å². The van der Waals surface area contributed by atoms with Crippen LogP contribution in [0.4, 0.5) is 0 Å². The third-order valence-corrected chi connectivity index (χ3v) is 3.36. The van der Waals surface area contributed by atoms with Crippen LogP contribution in [0.15, 0.2) is 11.5 Å². The molecule has 0 saturated heterocycles. The summed E-state index contributed by atoms with van der Waals surface area (Å²) in [6.07, 6.45) is 1.58. The maximum atomic E-state index is 5.51. The number of rotatable bonds is 7. The van der Waals surface area contributed by atoms with Crippen molar-refractivity contribution in [2.24, 2.45) is 11.7 Å². The third kappa shape index (κ3) is 3.74. The second-order valence-electron chi connectivity index (χ2n) is 4.51. The maximum absolute atomic E-state index is 5.51. The molecule has 0 spiro atoms. The van der Waals surface area contributed by atoms with Crippen molar-refractivity contribution >= 4 is 11.8 Å². The van der Waals surface area contributed by atoms with E-state index in [9.17, 15) is 0 Å². The molecule has 2 aromatic rings. The maximum Gasteiger partial charge on any atom is 0.209 e. The first-order chi connectivity index (χ1) is 9.20. The van der Waals surface area contributed by atoms with Gasteiger partial charge in [0.05, 0.1) is 12.3 Å². The first-order valence-electron chi connectivity index (χ1n) is 6.16. The predicted molar refractivity (Wildman–Crippen MR) is 71.3 cm³/mol. The van der Waals surface area contributed by atoms with E-state index >= 15 is 0 Å². The van der Waals surface area contributed by atoms with Crippen molar-refractivity contribution in [3.63, 3.8) is 0 Å². The van der Waals surface area contributed by atoms with Crippen LogP contribution in [0.25, 0.3) is 0 Å². The van der Waals surface area contributed by atoms with Crippen molar-refractivity contribution in [3.05, 3.63) is 12.2 Å². The van der Waals surface area contributed by atoms with Crippen LogP contribution < -0.4 is 5.73 Å². The Bertz CT molecular complexity index is 505. The van der Waals surface area contributed by atoms with Crippen molar-refractivity contribution in [2.45, 2.75) is 37.8 Å². The van der Waals surface area contributed by atoms with E-state index in [-0.39, 0.29) is 0 Å². The lowest BCUT2D eigenvalue weighted by atomic mass is 10.2. The average molecular weight is 282 g/mol. The molecule has 2 rings (SSSR count). The summed E-state index contributed by atoms with van der Waals surface area (Å²) in [5.74, 6) is 2.16. The fraction of sp³-hybridized carbons (Fsp3) is 0.700. The van der Waals surface area contributed by atoms with Gasteiger partial charge in [0.15, 0.2) is 0 Å². The predicted octanol–water partition coefficient (Wildman–Crippen LogP) is 0.172. The number of aromatic nitrogens is 7. The second kappa shape index (κ2) is 6.62. The zero-order valence-electron chi connectivity index (χ0n) is 11.1. The van der Waals surface area contributed by atoms with E-state index in [4.69, 9.17) is 5.73 Å². The summed E-state index contributed by atoms with van der Waals surface area (Å²) in [6.45, 7) is 6.31. The molecule has 19 heavy (non-hydrogen) atoms. The van der Waals surface area contributed by atoms with Crippen molar-refractivity contribution < 1.29 is 0 Å². The fourth-order valence-corrected chi connectivity index (χ4v) is 2.44. The molecule has 0 unspecified atom stereocenters. The number of hydrogen-bond acceptors (Lipinski definition) is 7. The van der Waals surface area contributed by atoms with Gasteiger partial charge in [0, 0.05) is 13.1 Å². The van der Waals surface area contributed by atoms with E-state index in [0.717, 1.165) is 17.5 Å². The monoisotopic (exact) mass is 282 g/mol. The Morgan fingerprint density at radius 2 is 2.21 bits per heavy atom. The second-order valence-corrected chi connectivity index (χ2v) is 5.46. The Labute approximate surface area is 115 Å². The summed E-state index contributed by atoms with van der Waals surface area (Å²) < 4.78 is 3.63. The number of nitrogens with zero attached hydrogens (tertiary/aromatic N) is 7. The molecule has 2 heterocycles. The minimum absolute atomic E-state index is 0.516. The van der Waals surface area contributed by atoms with Gasteiger partial charge in [-0.15, -0.1) is 5.10 Å². The van der Waals surface area contributed by atoms with Gasteiger partial charge in [-0.1, -0.05) is 25.6 Å². The first kappa shape index (κ1) is 13.9. The molecule has 9 heteroatoms. The highest BCUT2D eigenvalue weighted by molar-refractivity contribution is 7.98. The molecule has 0 aromatic carbocycles. The smallest absolute Gasteiger partial charge is 0.209 e. The molecule has 0 aliphatic heterocycles. The first-order valence-corrected chi connectivity index (χ1v) is 7.15. The highest BCUT2D eigenvalue weighted by atomic mass is 32.2. The van der Waals surface area contributed by atoms with E-state index in [1.165, 1.54) is 0 Å². The molecule has 0 aliphatic rings. The average Bonchev–Trinajstić information content (AvgIpc) is 2.96.